The third-order valence-electron chi connectivity index (χ3n) is 4.35. The van der Waals surface area contributed by atoms with Crippen LogP contribution in [0.25, 0.3) is 0 Å². The van der Waals surface area contributed by atoms with Gasteiger partial charge in [-0.1, -0.05) is 52.7 Å². The van der Waals surface area contributed by atoms with E-state index in [0.29, 0.717) is 12.2 Å². The molecule has 0 unspecified atom stereocenters. The van der Waals surface area contributed by atoms with Crippen LogP contribution in [0.15, 0.2) is 24.8 Å². The third kappa shape index (κ3) is 4.72. The van der Waals surface area contributed by atoms with Gasteiger partial charge >= 0.3 is 0 Å². The Morgan fingerprint density at radius 3 is 2.50 bits per heavy atom. The lowest BCUT2D eigenvalue weighted by Crippen LogP contribution is -2.17. The van der Waals surface area contributed by atoms with Gasteiger partial charge in [-0.3, -0.25) is 4.79 Å². The number of benzene rings is 1. The maximum Gasteiger partial charge on any atom is 0.153 e. The molecule has 0 aliphatic heterocycles. The van der Waals surface area contributed by atoms with Gasteiger partial charge in [-0.25, -0.2) is 0 Å². The Balaban J connectivity index is 3.17. The number of ether oxygens (including phenoxy) is 1. The van der Waals surface area contributed by atoms with E-state index < -0.39 is 0 Å². The quantitative estimate of drug-likeness (QED) is 0.325. The Kier molecular flexibility index (Phi) is 7.37. The maximum absolute atomic E-state index is 11.5. The molecule has 0 spiro atoms. The fourth-order valence-corrected chi connectivity index (χ4v) is 2.41. The molecule has 0 aliphatic rings. The predicted octanol–water partition coefficient (Wildman–Crippen LogP) is 5.48. The van der Waals surface area contributed by atoms with E-state index in [0.717, 1.165) is 49.7 Å². The number of unbranched alkanes of at least 4 members (excludes halogenated alkanes) is 2. The molecule has 0 radical (unpaired) electrons. The molecular formula is C20H30O2. The van der Waals surface area contributed by atoms with Crippen molar-refractivity contribution in [3.63, 3.8) is 0 Å². The number of aldehydes is 1. The summed E-state index contributed by atoms with van der Waals surface area (Å²) >= 11 is 0. The Bertz CT molecular complexity index is 501. The lowest BCUT2D eigenvalue weighted by atomic mass is 9.80. The van der Waals surface area contributed by atoms with E-state index in [1.807, 2.05) is 12.1 Å². The summed E-state index contributed by atoms with van der Waals surface area (Å²) in [6, 6.07) is 4.16. The smallest absolute Gasteiger partial charge is 0.153 e. The normalized spacial score (nSPS) is 11.3. The molecule has 1 aromatic rings. The summed E-state index contributed by atoms with van der Waals surface area (Å²) in [6.45, 7) is 13.2. The largest absolute Gasteiger partial charge is 0.493 e. The fourth-order valence-electron chi connectivity index (χ4n) is 2.41. The van der Waals surface area contributed by atoms with Gasteiger partial charge in [0.25, 0.3) is 0 Å². The first-order chi connectivity index (χ1) is 10.5. The molecule has 1 rings (SSSR count). The highest BCUT2D eigenvalue weighted by molar-refractivity contribution is 5.81. The number of allylic oxidation sites excluding steroid dienone is 1. The molecule has 122 valence electrons. The average Bonchev–Trinajstić information content (AvgIpc) is 2.52. The topological polar surface area (TPSA) is 26.3 Å². The van der Waals surface area contributed by atoms with Crippen LogP contribution < -0.4 is 4.74 Å². The summed E-state index contributed by atoms with van der Waals surface area (Å²) in [6.07, 6.45) is 7.85. The molecule has 0 atom stereocenters. The van der Waals surface area contributed by atoms with Gasteiger partial charge in [0.05, 0.1) is 12.2 Å². The Morgan fingerprint density at radius 1 is 1.23 bits per heavy atom. The number of hydrogen-bond donors (Lipinski definition) is 0. The van der Waals surface area contributed by atoms with E-state index in [1.54, 1.807) is 0 Å². The minimum atomic E-state index is 0.0500. The van der Waals surface area contributed by atoms with Crippen LogP contribution in [-0.4, -0.2) is 12.9 Å². The van der Waals surface area contributed by atoms with Crippen LogP contribution in [0.2, 0.25) is 0 Å². The van der Waals surface area contributed by atoms with Gasteiger partial charge in [-0.15, -0.1) is 6.58 Å². The minimum absolute atomic E-state index is 0.0500. The van der Waals surface area contributed by atoms with Crippen molar-refractivity contribution in [1.82, 2.24) is 0 Å². The van der Waals surface area contributed by atoms with E-state index in [-0.39, 0.29) is 5.41 Å². The van der Waals surface area contributed by atoms with E-state index in [1.165, 1.54) is 5.56 Å². The zero-order chi connectivity index (χ0) is 16.6. The summed E-state index contributed by atoms with van der Waals surface area (Å²) in [4.78, 5) is 11.5. The summed E-state index contributed by atoms with van der Waals surface area (Å²) < 4.78 is 5.94. The van der Waals surface area contributed by atoms with Crippen molar-refractivity contribution in [2.45, 2.75) is 65.2 Å². The Morgan fingerprint density at radius 2 is 1.95 bits per heavy atom. The number of hydrogen-bond acceptors (Lipinski definition) is 2. The van der Waals surface area contributed by atoms with Gasteiger partial charge < -0.3 is 4.74 Å². The number of carbonyl (C=O) groups excluding carboxylic acids is 1. The molecule has 0 saturated heterocycles. The van der Waals surface area contributed by atoms with Crippen LogP contribution in [0.3, 0.4) is 0 Å². The van der Waals surface area contributed by atoms with Gasteiger partial charge in [0.2, 0.25) is 0 Å². The first-order valence-corrected chi connectivity index (χ1v) is 8.36. The van der Waals surface area contributed by atoms with E-state index in [9.17, 15) is 4.79 Å². The SMILES string of the molecule is C=CCc1cc(C(C)(C)CC)cc(C=O)c1OCCCCC. The van der Waals surface area contributed by atoms with Gasteiger partial charge in [-0.05, 0) is 41.9 Å². The van der Waals surface area contributed by atoms with Crippen LogP contribution in [0.5, 0.6) is 5.75 Å². The van der Waals surface area contributed by atoms with Crippen LogP contribution in [-0.2, 0) is 11.8 Å². The van der Waals surface area contributed by atoms with Crippen LogP contribution in [0.4, 0.5) is 0 Å². The van der Waals surface area contributed by atoms with Gasteiger partial charge in [0.1, 0.15) is 5.75 Å². The third-order valence-corrected chi connectivity index (χ3v) is 4.35. The standard InChI is InChI=1S/C20H30O2/c1-6-9-10-12-22-19-16(11-7-2)13-18(14-17(19)15-21)20(4,5)8-3/h7,13-15H,2,6,8-12H2,1,3-5H3. The van der Waals surface area contributed by atoms with Crippen LogP contribution in [0.1, 0.15) is 74.9 Å². The first-order valence-electron chi connectivity index (χ1n) is 8.36. The molecular weight excluding hydrogens is 272 g/mol. The van der Waals surface area contributed by atoms with Crippen molar-refractivity contribution in [3.8, 4) is 5.75 Å². The average molecular weight is 302 g/mol. The van der Waals surface area contributed by atoms with E-state index in [4.69, 9.17) is 4.74 Å². The van der Waals surface area contributed by atoms with Crippen molar-refractivity contribution in [2.75, 3.05) is 6.61 Å². The summed E-state index contributed by atoms with van der Waals surface area (Å²) in [5.41, 5.74) is 2.96. The Labute approximate surface area is 135 Å². The molecule has 0 amide bonds. The zero-order valence-corrected chi connectivity index (χ0v) is 14.6. The summed E-state index contributed by atoms with van der Waals surface area (Å²) in [7, 11) is 0. The molecule has 0 bridgehead atoms. The second-order valence-electron chi connectivity index (χ2n) is 6.46. The molecule has 0 saturated carbocycles. The molecule has 1 aromatic carbocycles. The molecule has 0 aromatic heterocycles. The monoisotopic (exact) mass is 302 g/mol. The van der Waals surface area contributed by atoms with Crippen molar-refractivity contribution < 1.29 is 9.53 Å². The summed E-state index contributed by atoms with van der Waals surface area (Å²) in [5, 5.41) is 0. The van der Waals surface area contributed by atoms with E-state index >= 15 is 0 Å². The highest BCUT2D eigenvalue weighted by Gasteiger charge is 2.22. The second-order valence-corrected chi connectivity index (χ2v) is 6.46. The van der Waals surface area contributed by atoms with Crippen molar-refractivity contribution in [2.24, 2.45) is 0 Å². The molecule has 0 N–H and O–H groups in total. The second kappa shape index (κ2) is 8.77. The highest BCUT2D eigenvalue weighted by Crippen LogP contribution is 2.33. The maximum atomic E-state index is 11.5. The highest BCUT2D eigenvalue weighted by atomic mass is 16.5. The fraction of sp³-hybridized carbons (Fsp3) is 0.550. The van der Waals surface area contributed by atoms with Gasteiger partial charge in [0.15, 0.2) is 6.29 Å². The molecule has 2 nitrogen and oxygen atoms in total. The molecule has 22 heavy (non-hydrogen) atoms. The van der Waals surface area contributed by atoms with Crippen molar-refractivity contribution >= 4 is 6.29 Å². The van der Waals surface area contributed by atoms with Crippen molar-refractivity contribution in [3.05, 3.63) is 41.5 Å². The van der Waals surface area contributed by atoms with Crippen LogP contribution in [0, 0.1) is 0 Å². The summed E-state index contributed by atoms with van der Waals surface area (Å²) in [5.74, 6) is 0.738. The number of rotatable bonds is 10. The van der Waals surface area contributed by atoms with Crippen molar-refractivity contribution in [1.29, 1.82) is 0 Å². The minimum Gasteiger partial charge on any atom is -0.493 e. The Hall–Kier alpha value is -1.57. The first kappa shape index (κ1) is 18.5. The lowest BCUT2D eigenvalue weighted by Gasteiger charge is -2.25. The lowest BCUT2D eigenvalue weighted by molar-refractivity contribution is 0.111. The molecule has 0 heterocycles. The van der Waals surface area contributed by atoms with Crippen LogP contribution >= 0.6 is 0 Å². The predicted molar refractivity (Wildman–Crippen MR) is 94.1 cm³/mol. The zero-order valence-electron chi connectivity index (χ0n) is 14.6. The molecule has 2 heteroatoms. The van der Waals surface area contributed by atoms with Gasteiger partial charge in [-0.2, -0.15) is 0 Å². The molecule has 0 fully saturated rings. The molecule has 0 aliphatic carbocycles. The number of carbonyl (C=O) groups is 1. The van der Waals surface area contributed by atoms with E-state index in [2.05, 4.69) is 40.3 Å². The van der Waals surface area contributed by atoms with Gasteiger partial charge in [0, 0.05) is 0 Å².